The molecule has 18 heavy (non-hydrogen) atoms. The summed E-state index contributed by atoms with van der Waals surface area (Å²) in [5.74, 6) is 1.17. The predicted octanol–water partition coefficient (Wildman–Crippen LogP) is 1.28. The van der Waals surface area contributed by atoms with Crippen LogP contribution in [0.25, 0.3) is 0 Å². The van der Waals surface area contributed by atoms with E-state index in [-0.39, 0.29) is 12.5 Å². The molecule has 1 saturated carbocycles. The summed E-state index contributed by atoms with van der Waals surface area (Å²) in [7, 11) is 3.37. The fourth-order valence-corrected chi connectivity index (χ4v) is 1.71. The number of carbonyl (C=O) groups excluding carboxylic acids is 1. The van der Waals surface area contributed by atoms with Gasteiger partial charge in [-0.15, -0.1) is 0 Å². The number of nitrogen functional groups attached to an aromatic ring is 1. The van der Waals surface area contributed by atoms with Crippen LogP contribution >= 0.6 is 0 Å². The Labute approximate surface area is 106 Å². The van der Waals surface area contributed by atoms with Crippen molar-refractivity contribution >= 4 is 11.6 Å². The number of rotatable bonds is 5. The van der Waals surface area contributed by atoms with Gasteiger partial charge in [0.05, 0.1) is 12.8 Å². The van der Waals surface area contributed by atoms with E-state index >= 15 is 0 Å². The van der Waals surface area contributed by atoms with E-state index in [0.717, 1.165) is 12.8 Å². The van der Waals surface area contributed by atoms with Crippen LogP contribution in [0.4, 0.5) is 5.69 Å². The number of benzene rings is 1. The minimum Gasteiger partial charge on any atom is -0.495 e. The van der Waals surface area contributed by atoms with Crippen molar-refractivity contribution in [1.29, 1.82) is 0 Å². The standard InChI is InChI=1S/C13H18N2O3/c1-15(9-3-4-9)13(16)8-18-10-5-6-12(17-2)11(14)7-10/h5-7,9H,3-4,8,14H2,1-2H3. The van der Waals surface area contributed by atoms with Gasteiger partial charge in [-0.05, 0) is 25.0 Å². The van der Waals surface area contributed by atoms with Gasteiger partial charge in [0, 0.05) is 19.2 Å². The molecular weight excluding hydrogens is 232 g/mol. The molecule has 0 atom stereocenters. The molecule has 0 saturated heterocycles. The van der Waals surface area contributed by atoms with Crippen molar-refractivity contribution in [2.45, 2.75) is 18.9 Å². The third-order valence-electron chi connectivity index (χ3n) is 3.05. The minimum atomic E-state index is -0.00751. The average Bonchev–Trinajstić information content (AvgIpc) is 3.19. The maximum absolute atomic E-state index is 11.8. The number of nitrogens with zero attached hydrogens (tertiary/aromatic N) is 1. The van der Waals surface area contributed by atoms with E-state index < -0.39 is 0 Å². The van der Waals surface area contributed by atoms with E-state index in [9.17, 15) is 4.79 Å². The molecule has 98 valence electrons. The first-order valence-electron chi connectivity index (χ1n) is 5.94. The summed E-state index contributed by atoms with van der Waals surface area (Å²) >= 11 is 0. The molecule has 0 spiro atoms. The molecule has 0 unspecified atom stereocenters. The fraction of sp³-hybridized carbons (Fsp3) is 0.462. The van der Waals surface area contributed by atoms with Crippen LogP contribution in [0.3, 0.4) is 0 Å². The zero-order valence-electron chi connectivity index (χ0n) is 10.7. The molecule has 2 N–H and O–H groups in total. The van der Waals surface area contributed by atoms with E-state index in [4.69, 9.17) is 15.2 Å². The van der Waals surface area contributed by atoms with Gasteiger partial charge in [0.1, 0.15) is 11.5 Å². The van der Waals surface area contributed by atoms with Crippen molar-refractivity contribution < 1.29 is 14.3 Å². The van der Waals surface area contributed by atoms with Gasteiger partial charge in [-0.1, -0.05) is 0 Å². The van der Waals surface area contributed by atoms with Crippen LogP contribution in [-0.2, 0) is 4.79 Å². The number of carbonyl (C=O) groups is 1. The van der Waals surface area contributed by atoms with Crippen molar-refractivity contribution in [2.75, 3.05) is 26.5 Å². The number of anilines is 1. The molecule has 1 aliphatic rings. The Bertz CT molecular complexity index is 444. The summed E-state index contributed by atoms with van der Waals surface area (Å²) in [5, 5.41) is 0. The van der Waals surface area contributed by atoms with E-state index in [1.165, 1.54) is 0 Å². The molecule has 1 amide bonds. The Morgan fingerprint density at radius 1 is 1.50 bits per heavy atom. The SMILES string of the molecule is COc1ccc(OCC(=O)N(C)C2CC2)cc1N. The van der Waals surface area contributed by atoms with Gasteiger partial charge in [-0.2, -0.15) is 0 Å². The summed E-state index contributed by atoms with van der Waals surface area (Å²) in [6.45, 7) is 0.0404. The highest BCUT2D eigenvalue weighted by atomic mass is 16.5. The summed E-state index contributed by atoms with van der Waals surface area (Å²) in [6.07, 6.45) is 2.19. The molecule has 0 aromatic heterocycles. The maximum atomic E-state index is 11.8. The molecule has 0 radical (unpaired) electrons. The number of ether oxygens (including phenoxy) is 2. The second kappa shape index (κ2) is 5.16. The van der Waals surface area contributed by atoms with Gasteiger partial charge in [0.25, 0.3) is 5.91 Å². The first-order chi connectivity index (χ1) is 8.61. The van der Waals surface area contributed by atoms with Crippen LogP contribution in [0.15, 0.2) is 18.2 Å². The zero-order valence-corrected chi connectivity index (χ0v) is 10.7. The van der Waals surface area contributed by atoms with Crippen LogP contribution < -0.4 is 15.2 Å². The maximum Gasteiger partial charge on any atom is 0.260 e. The molecule has 1 aromatic carbocycles. The molecule has 0 aliphatic heterocycles. The Morgan fingerprint density at radius 3 is 2.78 bits per heavy atom. The minimum absolute atomic E-state index is 0.00751. The van der Waals surface area contributed by atoms with Crippen LogP contribution in [0.2, 0.25) is 0 Å². The van der Waals surface area contributed by atoms with Crippen molar-refractivity contribution in [3.8, 4) is 11.5 Å². The van der Waals surface area contributed by atoms with Crippen LogP contribution in [0, 0.1) is 0 Å². The Morgan fingerprint density at radius 2 is 2.22 bits per heavy atom. The quantitative estimate of drug-likeness (QED) is 0.799. The van der Waals surface area contributed by atoms with Crippen LogP contribution in [0.1, 0.15) is 12.8 Å². The van der Waals surface area contributed by atoms with Crippen molar-refractivity contribution in [3.05, 3.63) is 18.2 Å². The van der Waals surface area contributed by atoms with E-state index in [2.05, 4.69) is 0 Å². The number of nitrogens with two attached hydrogens (primary N) is 1. The highest BCUT2D eigenvalue weighted by Gasteiger charge is 2.29. The average molecular weight is 250 g/mol. The lowest BCUT2D eigenvalue weighted by atomic mass is 10.3. The smallest absolute Gasteiger partial charge is 0.260 e. The molecule has 5 heteroatoms. The molecule has 1 aliphatic carbocycles. The lowest BCUT2D eigenvalue weighted by molar-refractivity contribution is -0.132. The molecular formula is C13H18N2O3. The van der Waals surface area contributed by atoms with Gasteiger partial charge < -0.3 is 20.1 Å². The van der Waals surface area contributed by atoms with Crippen molar-refractivity contribution in [3.63, 3.8) is 0 Å². The number of hydrogen-bond donors (Lipinski definition) is 1. The first-order valence-corrected chi connectivity index (χ1v) is 5.94. The number of methoxy groups -OCH3 is 1. The molecule has 1 aromatic rings. The molecule has 5 nitrogen and oxygen atoms in total. The summed E-state index contributed by atoms with van der Waals surface area (Å²) < 4.78 is 10.5. The van der Waals surface area contributed by atoms with Gasteiger partial charge in [0.2, 0.25) is 0 Å². The van der Waals surface area contributed by atoms with Crippen molar-refractivity contribution in [2.24, 2.45) is 0 Å². The van der Waals surface area contributed by atoms with Gasteiger partial charge >= 0.3 is 0 Å². The monoisotopic (exact) mass is 250 g/mol. The van der Waals surface area contributed by atoms with Crippen molar-refractivity contribution in [1.82, 2.24) is 4.90 Å². The summed E-state index contributed by atoms with van der Waals surface area (Å²) in [6, 6.07) is 5.52. The topological polar surface area (TPSA) is 64.8 Å². The van der Waals surface area contributed by atoms with Crippen LogP contribution in [-0.4, -0.2) is 37.6 Å². The van der Waals surface area contributed by atoms with Crippen LogP contribution in [0.5, 0.6) is 11.5 Å². The molecule has 0 heterocycles. The molecule has 1 fully saturated rings. The lowest BCUT2D eigenvalue weighted by Gasteiger charge is -2.16. The first kappa shape index (κ1) is 12.5. The number of hydrogen-bond acceptors (Lipinski definition) is 4. The lowest BCUT2D eigenvalue weighted by Crippen LogP contribution is -2.33. The highest BCUT2D eigenvalue weighted by Crippen LogP contribution is 2.27. The van der Waals surface area contributed by atoms with E-state index in [0.29, 0.717) is 23.2 Å². The fourth-order valence-electron chi connectivity index (χ4n) is 1.71. The summed E-state index contributed by atoms with van der Waals surface area (Å²) in [5.41, 5.74) is 6.25. The number of likely N-dealkylation sites (N-methyl/N-ethyl adjacent to an activating group) is 1. The Kier molecular flexibility index (Phi) is 3.60. The second-order valence-corrected chi connectivity index (χ2v) is 4.43. The van der Waals surface area contributed by atoms with E-state index in [1.54, 1.807) is 30.2 Å². The highest BCUT2D eigenvalue weighted by molar-refractivity contribution is 5.78. The summed E-state index contributed by atoms with van der Waals surface area (Å²) in [4.78, 5) is 13.5. The second-order valence-electron chi connectivity index (χ2n) is 4.43. The Hall–Kier alpha value is -1.91. The zero-order chi connectivity index (χ0) is 13.1. The number of amides is 1. The largest absolute Gasteiger partial charge is 0.495 e. The van der Waals surface area contributed by atoms with Gasteiger partial charge in [-0.3, -0.25) is 4.79 Å². The van der Waals surface area contributed by atoms with E-state index in [1.807, 2.05) is 7.05 Å². The third-order valence-corrected chi connectivity index (χ3v) is 3.05. The van der Waals surface area contributed by atoms with Gasteiger partial charge in [0.15, 0.2) is 6.61 Å². The third kappa shape index (κ3) is 2.85. The molecule has 2 rings (SSSR count). The Balaban J connectivity index is 1.89. The van der Waals surface area contributed by atoms with Gasteiger partial charge in [-0.25, -0.2) is 0 Å². The molecule has 0 bridgehead atoms. The normalized spacial score (nSPS) is 14.1. The predicted molar refractivity (Wildman–Crippen MR) is 68.7 cm³/mol.